The lowest BCUT2D eigenvalue weighted by molar-refractivity contribution is -0.159. The molecule has 112 valence electrons. The molecule has 0 unspecified atom stereocenters. The Morgan fingerprint density at radius 1 is 1.19 bits per heavy atom. The number of benzene rings is 1. The zero-order valence-electron chi connectivity index (χ0n) is 11.8. The number of carbonyl (C=O) groups is 2. The summed E-state index contributed by atoms with van der Waals surface area (Å²) < 4.78 is 5.52. The van der Waals surface area contributed by atoms with E-state index in [0.29, 0.717) is 26.0 Å². The molecule has 5 nitrogen and oxygen atoms in total. The fourth-order valence-electron chi connectivity index (χ4n) is 3.10. The SMILES string of the molecule is O=C(O)[C@H]1Cc2ccccc2CN1C(=O)[C@H]1CCCCO1. The number of carboxylic acid groups (broad SMARTS) is 1. The molecule has 0 aliphatic carbocycles. The fraction of sp³-hybridized carbons (Fsp3) is 0.500. The summed E-state index contributed by atoms with van der Waals surface area (Å²) in [6.45, 7) is 0.935. The van der Waals surface area contributed by atoms with E-state index in [2.05, 4.69) is 0 Å². The van der Waals surface area contributed by atoms with Crippen LogP contribution in [-0.4, -0.2) is 40.6 Å². The van der Waals surface area contributed by atoms with E-state index in [0.717, 1.165) is 24.0 Å². The van der Waals surface area contributed by atoms with Crippen LogP contribution in [0.3, 0.4) is 0 Å². The van der Waals surface area contributed by atoms with Gasteiger partial charge in [0.25, 0.3) is 5.91 Å². The summed E-state index contributed by atoms with van der Waals surface area (Å²) in [4.78, 5) is 25.6. The molecule has 1 amide bonds. The Morgan fingerprint density at radius 2 is 1.95 bits per heavy atom. The average molecular weight is 289 g/mol. The second kappa shape index (κ2) is 5.85. The minimum atomic E-state index is -0.950. The second-order valence-electron chi connectivity index (χ2n) is 5.65. The van der Waals surface area contributed by atoms with Gasteiger partial charge in [-0.1, -0.05) is 24.3 Å². The molecule has 21 heavy (non-hydrogen) atoms. The first-order valence-electron chi connectivity index (χ1n) is 7.38. The molecule has 5 heteroatoms. The lowest BCUT2D eigenvalue weighted by atomic mass is 9.93. The smallest absolute Gasteiger partial charge is 0.326 e. The van der Waals surface area contributed by atoms with Crippen molar-refractivity contribution in [1.82, 2.24) is 4.90 Å². The molecular weight excluding hydrogens is 270 g/mol. The van der Waals surface area contributed by atoms with Crippen molar-refractivity contribution in [3.8, 4) is 0 Å². The van der Waals surface area contributed by atoms with Gasteiger partial charge in [-0.25, -0.2) is 4.79 Å². The van der Waals surface area contributed by atoms with Crippen LogP contribution in [0.15, 0.2) is 24.3 Å². The molecule has 1 aromatic carbocycles. The van der Waals surface area contributed by atoms with Crippen molar-refractivity contribution in [2.75, 3.05) is 6.61 Å². The minimum absolute atomic E-state index is 0.184. The number of aliphatic carboxylic acids is 1. The average Bonchev–Trinajstić information content (AvgIpc) is 2.53. The van der Waals surface area contributed by atoms with Gasteiger partial charge in [-0.3, -0.25) is 4.79 Å². The van der Waals surface area contributed by atoms with Crippen LogP contribution in [0.25, 0.3) is 0 Å². The van der Waals surface area contributed by atoms with E-state index in [9.17, 15) is 14.7 Å². The molecule has 1 aromatic rings. The number of carbonyl (C=O) groups excluding carboxylic acids is 1. The van der Waals surface area contributed by atoms with Crippen LogP contribution in [0.5, 0.6) is 0 Å². The van der Waals surface area contributed by atoms with Crippen LogP contribution >= 0.6 is 0 Å². The molecule has 2 atom stereocenters. The number of ether oxygens (including phenoxy) is 1. The highest BCUT2D eigenvalue weighted by Gasteiger charge is 2.38. The van der Waals surface area contributed by atoms with Gasteiger partial charge < -0.3 is 14.7 Å². The van der Waals surface area contributed by atoms with Gasteiger partial charge in [-0.15, -0.1) is 0 Å². The summed E-state index contributed by atoms with van der Waals surface area (Å²) in [6.07, 6.45) is 2.49. The summed E-state index contributed by atoms with van der Waals surface area (Å²) >= 11 is 0. The molecule has 0 bridgehead atoms. The fourth-order valence-corrected chi connectivity index (χ4v) is 3.10. The Morgan fingerprint density at radius 3 is 2.62 bits per heavy atom. The van der Waals surface area contributed by atoms with Gasteiger partial charge in [0.15, 0.2) is 0 Å². The predicted octanol–water partition coefficient (Wildman–Crippen LogP) is 1.59. The highest BCUT2D eigenvalue weighted by Crippen LogP contribution is 2.26. The number of hydrogen-bond acceptors (Lipinski definition) is 3. The molecule has 0 aromatic heterocycles. The maximum atomic E-state index is 12.6. The first-order chi connectivity index (χ1) is 10.2. The van der Waals surface area contributed by atoms with Crippen LogP contribution in [0.1, 0.15) is 30.4 Å². The first kappa shape index (κ1) is 14.1. The lowest BCUT2D eigenvalue weighted by Crippen LogP contribution is -2.52. The Kier molecular flexibility index (Phi) is 3.92. The molecule has 2 aliphatic rings. The highest BCUT2D eigenvalue weighted by atomic mass is 16.5. The first-order valence-corrected chi connectivity index (χ1v) is 7.38. The van der Waals surface area contributed by atoms with Crippen molar-refractivity contribution in [2.45, 2.75) is 44.4 Å². The molecule has 1 fully saturated rings. The minimum Gasteiger partial charge on any atom is -0.480 e. The van der Waals surface area contributed by atoms with Crippen molar-refractivity contribution < 1.29 is 19.4 Å². The van der Waals surface area contributed by atoms with E-state index in [1.165, 1.54) is 4.90 Å². The summed E-state index contributed by atoms with van der Waals surface area (Å²) in [6, 6.07) is 6.91. The van der Waals surface area contributed by atoms with Crippen molar-refractivity contribution in [3.05, 3.63) is 35.4 Å². The number of carboxylic acids is 1. The van der Waals surface area contributed by atoms with Gasteiger partial charge in [0, 0.05) is 19.6 Å². The molecule has 3 rings (SSSR count). The van der Waals surface area contributed by atoms with Crippen LogP contribution in [-0.2, 0) is 27.3 Å². The molecule has 2 aliphatic heterocycles. The third-order valence-electron chi connectivity index (χ3n) is 4.27. The zero-order chi connectivity index (χ0) is 14.8. The van der Waals surface area contributed by atoms with Crippen LogP contribution in [0.2, 0.25) is 0 Å². The zero-order valence-corrected chi connectivity index (χ0v) is 11.8. The van der Waals surface area contributed by atoms with Crippen molar-refractivity contribution >= 4 is 11.9 Å². The summed E-state index contributed by atoms with van der Waals surface area (Å²) in [5.41, 5.74) is 2.04. The Bertz CT molecular complexity index is 551. The van der Waals surface area contributed by atoms with E-state index in [4.69, 9.17) is 4.74 Å². The molecular formula is C16H19NO4. The maximum Gasteiger partial charge on any atom is 0.326 e. The summed E-state index contributed by atoms with van der Waals surface area (Å²) in [7, 11) is 0. The molecule has 1 N–H and O–H groups in total. The summed E-state index contributed by atoms with van der Waals surface area (Å²) in [5, 5.41) is 9.45. The molecule has 0 saturated carbocycles. The van der Waals surface area contributed by atoms with E-state index in [-0.39, 0.29) is 5.91 Å². The molecule has 2 heterocycles. The Hall–Kier alpha value is -1.88. The number of rotatable bonds is 2. The van der Waals surface area contributed by atoms with E-state index < -0.39 is 18.1 Å². The molecule has 0 spiro atoms. The third-order valence-corrected chi connectivity index (χ3v) is 4.27. The lowest BCUT2D eigenvalue weighted by Gasteiger charge is -2.37. The van der Waals surface area contributed by atoms with Crippen LogP contribution in [0.4, 0.5) is 0 Å². The van der Waals surface area contributed by atoms with Crippen molar-refractivity contribution in [2.24, 2.45) is 0 Å². The van der Waals surface area contributed by atoms with Crippen LogP contribution in [0, 0.1) is 0 Å². The van der Waals surface area contributed by atoms with Crippen LogP contribution < -0.4 is 0 Å². The predicted molar refractivity (Wildman–Crippen MR) is 75.7 cm³/mol. The van der Waals surface area contributed by atoms with Crippen molar-refractivity contribution in [1.29, 1.82) is 0 Å². The van der Waals surface area contributed by atoms with Gasteiger partial charge in [0.05, 0.1) is 0 Å². The number of nitrogens with zero attached hydrogens (tertiary/aromatic N) is 1. The quantitative estimate of drug-likeness (QED) is 0.898. The third kappa shape index (κ3) is 2.78. The Balaban J connectivity index is 1.85. The second-order valence-corrected chi connectivity index (χ2v) is 5.65. The summed E-state index contributed by atoms with van der Waals surface area (Å²) in [5.74, 6) is -1.13. The van der Waals surface area contributed by atoms with Crippen molar-refractivity contribution in [3.63, 3.8) is 0 Å². The van der Waals surface area contributed by atoms with Gasteiger partial charge in [-0.05, 0) is 30.4 Å². The van der Waals surface area contributed by atoms with Gasteiger partial charge in [0.1, 0.15) is 12.1 Å². The number of amides is 1. The topological polar surface area (TPSA) is 66.8 Å². The maximum absolute atomic E-state index is 12.6. The normalized spacial score (nSPS) is 25.2. The molecule has 1 saturated heterocycles. The van der Waals surface area contributed by atoms with E-state index in [1.807, 2.05) is 24.3 Å². The van der Waals surface area contributed by atoms with Gasteiger partial charge in [0.2, 0.25) is 0 Å². The standard InChI is InChI=1S/C16H19NO4/c18-15(14-7-3-4-8-21-14)17-10-12-6-2-1-5-11(12)9-13(17)16(19)20/h1-2,5-6,13-14H,3-4,7-10H2,(H,19,20)/t13-,14-/m1/s1. The monoisotopic (exact) mass is 289 g/mol. The number of fused-ring (bicyclic) bond motifs is 1. The van der Waals surface area contributed by atoms with E-state index >= 15 is 0 Å². The van der Waals surface area contributed by atoms with E-state index in [1.54, 1.807) is 0 Å². The largest absolute Gasteiger partial charge is 0.480 e. The van der Waals surface area contributed by atoms with Gasteiger partial charge >= 0.3 is 5.97 Å². The molecule has 0 radical (unpaired) electrons. The Labute approximate surface area is 123 Å². The highest BCUT2D eigenvalue weighted by molar-refractivity contribution is 5.87. The number of hydrogen-bond donors (Lipinski definition) is 1. The van der Waals surface area contributed by atoms with Gasteiger partial charge in [-0.2, -0.15) is 0 Å².